The van der Waals surface area contributed by atoms with Gasteiger partial charge in [0.25, 0.3) is 11.8 Å². The normalized spacial score (nSPS) is 15.4. The van der Waals surface area contributed by atoms with Gasteiger partial charge in [0, 0.05) is 37.9 Å². The molecule has 1 aromatic carbocycles. The topological polar surface area (TPSA) is 97.3 Å². The van der Waals surface area contributed by atoms with Gasteiger partial charge in [0.15, 0.2) is 0 Å². The molecule has 164 valence electrons. The number of aromatic nitrogens is 3. The lowest BCUT2D eigenvalue weighted by atomic mass is 10.1. The number of pyridine rings is 1. The minimum atomic E-state index is -0.227. The van der Waals surface area contributed by atoms with Crippen LogP contribution in [0.2, 0.25) is 0 Å². The molecule has 8 heteroatoms. The molecule has 0 aliphatic carbocycles. The summed E-state index contributed by atoms with van der Waals surface area (Å²) in [5, 5.41) is 2.90. The molecule has 1 atom stereocenters. The summed E-state index contributed by atoms with van der Waals surface area (Å²) in [7, 11) is 1.61. The monoisotopic (exact) mass is 431 g/mol. The van der Waals surface area contributed by atoms with Crippen molar-refractivity contribution in [2.45, 2.75) is 25.8 Å². The standard InChI is InChI=1S/C24H25N5O3/c1-16-20(23(30)27-13-17-6-5-7-19(12-17)32-2)14-26-22(28-16)18-9-11-29(15-18)24(31)21-8-3-4-10-25-21/h3-8,10,12,14,18H,9,11,13,15H2,1-2H3,(H,27,30)/t18-/m1/s1. The molecule has 3 aromatic rings. The molecule has 2 amide bonds. The Morgan fingerprint density at radius 3 is 2.81 bits per heavy atom. The summed E-state index contributed by atoms with van der Waals surface area (Å²) in [4.78, 5) is 40.2. The second kappa shape index (κ2) is 9.55. The maximum absolute atomic E-state index is 12.6. The summed E-state index contributed by atoms with van der Waals surface area (Å²) in [6, 6.07) is 12.9. The highest BCUT2D eigenvalue weighted by atomic mass is 16.5. The molecule has 0 radical (unpaired) electrons. The molecule has 1 aliphatic rings. The largest absolute Gasteiger partial charge is 0.497 e. The molecular weight excluding hydrogens is 406 g/mol. The number of hydrogen-bond donors (Lipinski definition) is 1. The first-order valence-electron chi connectivity index (χ1n) is 10.5. The van der Waals surface area contributed by atoms with Crippen LogP contribution in [-0.2, 0) is 6.54 Å². The Kier molecular flexibility index (Phi) is 6.39. The maximum atomic E-state index is 12.6. The Morgan fingerprint density at radius 2 is 2.06 bits per heavy atom. The van der Waals surface area contributed by atoms with Crippen LogP contribution in [-0.4, -0.2) is 51.9 Å². The lowest BCUT2D eigenvalue weighted by Crippen LogP contribution is -2.29. The summed E-state index contributed by atoms with van der Waals surface area (Å²) in [6.45, 7) is 3.35. The van der Waals surface area contributed by atoms with Crippen molar-refractivity contribution in [3.63, 3.8) is 0 Å². The van der Waals surface area contributed by atoms with E-state index in [-0.39, 0.29) is 17.7 Å². The molecule has 1 N–H and O–H groups in total. The van der Waals surface area contributed by atoms with Gasteiger partial charge < -0.3 is 15.0 Å². The van der Waals surface area contributed by atoms with Crippen molar-refractivity contribution in [1.82, 2.24) is 25.2 Å². The highest BCUT2D eigenvalue weighted by Gasteiger charge is 2.30. The lowest BCUT2D eigenvalue weighted by molar-refractivity contribution is 0.0784. The molecule has 8 nitrogen and oxygen atoms in total. The molecule has 1 saturated heterocycles. The van der Waals surface area contributed by atoms with E-state index in [2.05, 4.69) is 20.3 Å². The summed E-state index contributed by atoms with van der Waals surface area (Å²) < 4.78 is 5.21. The molecule has 1 fully saturated rings. The molecule has 0 unspecified atom stereocenters. The molecule has 0 bridgehead atoms. The number of methoxy groups -OCH3 is 1. The summed E-state index contributed by atoms with van der Waals surface area (Å²) >= 11 is 0. The third-order valence-electron chi connectivity index (χ3n) is 5.55. The molecule has 2 aromatic heterocycles. The molecule has 4 rings (SSSR count). The molecule has 3 heterocycles. The zero-order valence-electron chi connectivity index (χ0n) is 18.1. The Morgan fingerprint density at radius 1 is 1.19 bits per heavy atom. The van der Waals surface area contributed by atoms with E-state index < -0.39 is 0 Å². The van der Waals surface area contributed by atoms with Gasteiger partial charge >= 0.3 is 0 Å². The van der Waals surface area contributed by atoms with Gasteiger partial charge in [0.2, 0.25) is 0 Å². The Labute approximate surface area is 186 Å². The van der Waals surface area contributed by atoms with Crippen LogP contribution in [0.15, 0.2) is 54.9 Å². The van der Waals surface area contributed by atoms with Crippen molar-refractivity contribution in [3.8, 4) is 5.75 Å². The number of nitrogens with zero attached hydrogens (tertiary/aromatic N) is 4. The second-order valence-electron chi connectivity index (χ2n) is 7.71. The first kappa shape index (κ1) is 21.4. The van der Waals surface area contributed by atoms with Gasteiger partial charge in [-0.25, -0.2) is 9.97 Å². The third-order valence-corrected chi connectivity index (χ3v) is 5.55. The van der Waals surface area contributed by atoms with Crippen LogP contribution in [0.25, 0.3) is 0 Å². The number of carbonyl (C=O) groups excluding carboxylic acids is 2. The number of amides is 2. The van der Waals surface area contributed by atoms with Gasteiger partial charge in [-0.15, -0.1) is 0 Å². The van der Waals surface area contributed by atoms with E-state index in [1.807, 2.05) is 24.3 Å². The molecule has 0 spiro atoms. The van der Waals surface area contributed by atoms with Crippen molar-refractivity contribution >= 4 is 11.8 Å². The first-order valence-corrected chi connectivity index (χ1v) is 10.5. The Hall–Kier alpha value is -3.81. The van der Waals surface area contributed by atoms with E-state index in [1.165, 1.54) is 0 Å². The number of benzene rings is 1. The number of rotatable bonds is 6. The van der Waals surface area contributed by atoms with E-state index in [0.29, 0.717) is 42.4 Å². The highest BCUT2D eigenvalue weighted by Crippen LogP contribution is 2.26. The van der Waals surface area contributed by atoms with Gasteiger partial charge in [-0.2, -0.15) is 0 Å². The van der Waals surface area contributed by atoms with Gasteiger partial charge in [0.1, 0.15) is 17.3 Å². The van der Waals surface area contributed by atoms with Crippen molar-refractivity contribution in [1.29, 1.82) is 0 Å². The molecule has 1 aliphatic heterocycles. The maximum Gasteiger partial charge on any atom is 0.272 e. The number of hydrogen-bond acceptors (Lipinski definition) is 6. The van der Waals surface area contributed by atoms with Crippen LogP contribution < -0.4 is 10.1 Å². The molecular formula is C24H25N5O3. The zero-order chi connectivity index (χ0) is 22.5. The van der Waals surface area contributed by atoms with Gasteiger partial charge in [0.05, 0.1) is 18.4 Å². The van der Waals surface area contributed by atoms with Crippen LogP contribution in [0.4, 0.5) is 0 Å². The van der Waals surface area contributed by atoms with Crippen LogP contribution in [0.1, 0.15) is 50.3 Å². The van der Waals surface area contributed by atoms with Gasteiger partial charge in [-0.05, 0) is 43.2 Å². The number of likely N-dealkylation sites (tertiary alicyclic amines) is 1. The van der Waals surface area contributed by atoms with E-state index >= 15 is 0 Å². The summed E-state index contributed by atoms with van der Waals surface area (Å²) in [5.74, 6) is 1.12. The SMILES string of the molecule is COc1cccc(CNC(=O)c2cnc([C@@H]3CCN(C(=O)c4ccccn4)C3)nc2C)c1. The van der Waals surface area contributed by atoms with Crippen LogP contribution in [0, 0.1) is 6.92 Å². The van der Waals surface area contributed by atoms with Crippen molar-refractivity contribution in [3.05, 3.63) is 83.2 Å². The third kappa shape index (κ3) is 4.74. The second-order valence-corrected chi connectivity index (χ2v) is 7.71. The number of carbonyl (C=O) groups is 2. The molecule has 0 saturated carbocycles. The zero-order valence-corrected chi connectivity index (χ0v) is 18.1. The highest BCUT2D eigenvalue weighted by molar-refractivity contribution is 5.95. The molecule has 32 heavy (non-hydrogen) atoms. The summed E-state index contributed by atoms with van der Waals surface area (Å²) in [5.41, 5.74) is 2.44. The minimum Gasteiger partial charge on any atom is -0.497 e. The first-order chi connectivity index (χ1) is 15.5. The van der Waals surface area contributed by atoms with Crippen LogP contribution >= 0.6 is 0 Å². The quantitative estimate of drug-likeness (QED) is 0.645. The van der Waals surface area contributed by atoms with Crippen molar-refractivity contribution in [2.75, 3.05) is 20.2 Å². The minimum absolute atomic E-state index is 0.0373. The lowest BCUT2D eigenvalue weighted by Gasteiger charge is -2.16. The fourth-order valence-corrected chi connectivity index (χ4v) is 3.77. The van der Waals surface area contributed by atoms with E-state index in [4.69, 9.17) is 4.74 Å². The number of ether oxygens (including phenoxy) is 1. The van der Waals surface area contributed by atoms with Crippen molar-refractivity contribution in [2.24, 2.45) is 0 Å². The number of nitrogens with one attached hydrogen (secondary N) is 1. The fraction of sp³-hybridized carbons (Fsp3) is 0.292. The predicted octanol–water partition coefficient (Wildman–Crippen LogP) is 2.75. The average molecular weight is 431 g/mol. The Balaban J connectivity index is 1.38. The van der Waals surface area contributed by atoms with E-state index in [1.54, 1.807) is 49.5 Å². The van der Waals surface area contributed by atoms with E-state index in [0.717, 1.165) is 17.7 Å². The van der Waals surface area contributed by atoms with Crippen molar-refractivity contribution < 1.29 is 14.3 Å². The van der Waals surface area contributed by atoms with Gasteiger partial charge in [-0.1, -0.05) is 18.2 Å². The van der Waals surface area contributed by atoms with E-state index in [9.17, 15) is 9.59 Å². The fourth-order valence-electron chi connectivity index (χ4n) is 3.77. The average Bonchev–Trinajstić information content (AvgIpc) is 3.33. The number of aryl methyl sites for hydroxylation is 1. The smallest absolute Gasteiger partial charge is 0.272 e. The van der Waals surface area contributed by atoms with Crippen LogP contribution in [0.5, 0.6) is 5.75 Å². The summed E-state index contributed by atoms with van der Waals surface area (Å²) in [6.07, 6.45) is 3.96. The van der Waals surface area contributed by atoms with Crippen LogP contribution in [0.3, 0.4) is 0 Å². The van der Waals surface area contributed by atoms with Gasteiger partial charge in [-0.3, -0.25) is 14.6 Å². The Bertz CT molecular complexity index is 1120. The predicted molar refractivity (Wildman–Crippen MR) is 118 cm³/mol.